The summed E-state index contributed by atoms with van der Waals surface area (Å²) in [6.07, 6.45) is 1.86. The number of nitrogens with zero attached hydrogens (tertiary/aromatic N) is 4. The van der Waals surface area contributed by atoms with E-state index in [9.17, 15) is 0 Å². The molecule has 7 heteroatoms. The Morgan fingerprint density at radius 1 is 1.41 bits per heavy atom. The Morgan fingerprint density at radius 3 is 2.88 bits per heavy atom. The zero-order valence-electron chi connectivity index (χ0n) is 10.2. The van der Waals surface area contributed by atoms with Crippen LogP contribution in [0.5, 0.6) is 0 Å². The van der Waals surface area contributed by atoms with Crippen LogP contribution in [0.1, 0.15) is 18.5 Å². The Morgan fingerprint density at radius 2 is 2.24 bits per heavy atom. The largest absolute Gasteiger partial charge is 0.406 e. The van der Waals surface area contributed by atoms with Gasteiger partial charge in [-0.25, -0.2) is 0 Å². The molecule has 0 radical (unpaired) electrons. The van der Waals surface area contributed by atoms with E-state index in [1.807, 2.05) is 27.1 Å². The van der Waals surface area contributed by atoms with Crippen LogP contribution in [0.3, 0.4) is 0 Å². The van der Waals surface area contributed by atoms with Gasteiger partial charge in [-0.15, -0.1) is 5.10 Å². The van der Waals surface area contributed by atoms with Crippen molar-refractivity contribution >= 4 is 11.7 Å². The van der Waals surface area contributed by atoms with Crippen LogP contribution in [0.15, 0.2) is 10.6 Å². The highest BCUT2D eigenvalue weighted by Gasteiger charge is 2.08. The lowest BCUT2D eigenvalue weighted by Crippen LogP contribution is -2.11. The molecule has 92 valence electrons. The van der Waals surface area contributed by atoms with Gasteiger partial charge < -0.3 is 15.1 Å². The highest BCUT2D eigenvalue weighted by molar-refractivity contribution is 5.53. The maximum atomic E-state index is 5.42. The summed E-state index contributed by atoms with van der Waals surface area (Å²) in [5, 5.41) is 18.2. The lowest BCUT2D eigenvalue weighted by Gasteiger charge is -1.97. The van der Waals surface area contributed by atoms with E-state index in [4.69, 9.17) is 4.42 Å². The first-order chi connectivity index (χ1) is 8.19. The van der Waals surface area contributed by atoms with Crippen molar-refractivity contribution in [2.24, 2.45) is 7.05 Å². The molecule has 2 aromatic rings. The second kappa shape index (κ2) is 4.96. The van der Waals surface area contributed by atoms with Crippen molar-refractivity contribution in [3.05, 3.63) is 17.8 Å². The molecule has 0 saturated heterocycles. The van der Waals surface area contributed by atoms with Gasteiger partial charge in [-0.3, -0.25) is 4.68 Å². The van der Waals surface area contributed by atoms with Gasteiger partial charge in [0.15, 0.2) is 0 Å². The molecule has 0 aromatic carbocycles. The van der Waals surface area contributed by atoms with E-state index < -0.39 is 0 Å². The van der Waals surface area contributed by atoms with Gasteiger partial charge in [0.1, 0.15) is 0 Å². The summed E-state index contributed by atoms with van der Waals surface area (Å²) in [5.74, 6) is 0.566. The van der Waals surface area contributed by atoms with Crippen LogP contribution in [0.2, 0.25) is 0 Å². The number of aryl methyl sites for hydroxylation is 2. The zero-order valence-corrected chi connectivity index (χ0v) is 10.2. The van der Waals surface area contributed by atoms with E-state index in [2.05, 4.69) is 25.9 Å². The maximum Gasteiger partial charge on any atom is 0.320 e. The summed E-state index contributed by atoms with van der Waals surface area (Å²) in [6.45, 7) is 5.39. The Hall–Kier alpha value is -1.89. The second-order valence-corrected chi connectivity index (χ2v) is 3.71. The Kier molecular flexibility index (Phi) is 3.38. The zero-order chi connectivity index (χ0) is 12.3. The average Bonchev–Trinajstić information content (AvgIpc) is 2.84. The van der Waals surface area contributed by atoms with Crippen molar-refractivity contribution in [1.29, 1.82) is 0 Å². The normalized spacial score (nSPS) is 10.8. The Balaban J connectivity index is 2.03. The minimum absolute atomic E-state index is 0.383. The first-order valence-corrected chi connectivity index (χ1v) is 5.49. The smallest absolute Gasteiger partial charge is 0.320 e. The van der Waals surface area contributed by atoms with Gasteiger partial charge in [-0.1, -0.05) is 12.0 Å². The molecule has 0 amide bonds. The molecule has 0 bridgehead atoms. The molecular weight excluding hydrogens is 220 g/mol. The highest BCUT2D eigenvalue weighted by Crippen LogP contribution is 2.17. The number of rotatable bonds is 5. The SMILES string of the molecule is CCNCc1nnc(Nc2cn(C)nc2C)o1. The summed E-state index contributed by atoms with van der Waals surface area (Å²) in [7, 11) is 1.86. The highest BCUT2D eigenvalue weighted by atomic mass is 16.4. The lowest BCUT2D eigenvalue weighted by atomic mass is 10.4. The van der Waals surface area contributed by atoms with Gasteiger partial charge in [0, 0.05) is 13.2 Å². The minimum Gasteiger partial charge on any atom is -0.406 e. The fourth-order valence-corrected chi connectivity index (χ4v) is 1.45. The molecule has 0 fully saturated rings. The van der Waals surface area contributed by atoms with Crippen molar-refractivity contribution in [2.45, 2.75) is 20.4 Å². The molecule has 2 rings (SSSR count). The quantitative estimate of drug-likeness (QED) is 0.805. The molecule has 0 aliphatic rings. The molecule has 0 spiro atoms. The third-order valence-corrected chi connectivity index (χ3v) is 2.25. The van der Waals surface area contributed by atoms with Crippen LogP contribution >= 0.6 is 0 Å². The number of nitrogens with one attached hydrogen (secondary N) is 2. The first-order valence-electron chi connectivity index (χ1n) is 5.49. The molecule has 2 aromatic heterocycles. The van der Waals surface area contributed by atoms with Crippen LogP contribution in [-0.4, -0.2) is 26.5 Å². The number of hydrogen-bond donors (Lipinski definition) is 2. The molecule has 7 nitrogen and oxygen atoms in total. The summed E-state index contributed by atoms with van der Waals surface area (Å²) < 4.78 is 7.15. The summed E-state index contributed by atoms with van der Waals surface area (Å²) in [4.78, 5) is 0. The molecular formula is C10H16N6O. The minimum atomic E-state index is 0.383. The molecule has 0 aliphatic carbocycles. The van der Waals surface area contributed by atoms with Crippen molar-refractivity contribution in [1.82, 2.24) is 25.3 Å². The van der Waals surface area contributed by atoms with E-state index in [1.165, 1.54) is 0 Å². The van der Waals surface area contributed by atoms with E-state index >= 15 is 0 Å². The van der Waals surface area contributed by atoms with Crippen molar-refractivity contribution < 1.29 is 4.42 Å². The van der Waals surface area contributed by atoms with Crippen molar-refractivity contribution in [2.75, 3.05) is 11.9 Å². The third-order valence-electron chi connectivity index (χ3n) is 2.25. The van der Waals surface area contributed by atoms with Gasteiger partial charge >= 0.3 is 6.01 Å². The molecule has 0 aliphatic heterocycles. The molecule has 17 heavy (non-hydrogen) atoms. The van der Waals surface area contributed by atoms with Crippen LogP contribution < -0.4 is 10.6 Å². The van der Waals surface area contributed by atoms with E-state index in [1.54, 1.807) is 4.68 Å². The van der Waals surface area contributed by atoms with Crippen molar-refractivity contribution in [3.63, 3.8) is 0 Å². The van der Waals surface area contributed by atoms with E-state index in [-0.39, 0.29) is 0 Å². The van der Waals surface area contributed by atoms with Gasteiger partial charge in [0.25, 0.3) is 0 Å². The number of aromatic nitrogens is 4. The molecule has 0 saturated carbocycles. The van der Waals surface area contributed by atoms with Gasteiger partial charge in [0.05, 0.1) is 17.9 Å². The van der Waals surface area contributed by atoms with E-state index in [0.717, 1.165) is 17.9 Å². The number of hydrogen-bond acceptors (Lipinski definition) is 6. The molecule has 2 N–H and O–H groups in total. The van der Waals surface area contributed by atoms with Crippen LogP contribution in [0, 0.1) is 6.92 Å². The lowest BCUT2D eigenvalue weighted by molar-refractivity contribution is 0.484. The van der Waals surface area contributed by atoms with Gasteiger partial charge in [-0.2, -0.15) is 5.10 Å². The summed E-state index contributed by atoms with van der Waals surface area (Å²) in [5.41, 5.74) is 1.75. The predicted octanol–water partition coefficient (Wildman–Crippen LogP) is 0.965. The Labute approximate surface area is 99.2 Å². The van der Waals surface area contributed by atoms with Gasteiger partial charge in [0.2, 0.25) is 5.89 Å². The summed E-state index contributed by atoms with van der Waals surface area (Å²) in [6, 6.07) is 0.383. The van der Waals surface area contributed by atoms with Crippen LogP contribution in [0.4, 0.5) is 11.7 Å². The topological polar surface area (TPSA) is 80.8 Å². The standard InChI is InChI=1S/C10H16N6O/c1-4-11-5-9-13-14-10(17-9)12-8-6-16(3)15-7(8)2/h6,11H,4-5H2,1-3H3,(H,12,14). The summed E-state index contributed by atoms with van der Waals surface area (Å²) >= 11 is 0. The Bertz CT molecular complexity index is 489. The predicted molar refractivity (Wildman–Crippen MR) is 62.9 cm³/mol. The second-order valence-electron chi connectivity index (χ2n) is 3.71. The maximum absolute atomic E-state index is 5.42. The van der Waals surface area contributed by atoms with Crippen molar-refractivity contribution in [3.8, 4) is 0 Å². The average molecular weight is 236 g/mol. The van der Waals surface area contributed by atoms with Crippen LogP contribution in [0.25, 0.3) is 0 Å². The van der Waals surface area contributed by atoms with Gasteiger partial charge in [-0.05, 0) is 13.5 Å². The fraction of sp³-hybridized carbons (Fsp3) is 0.500. The monoisotopic (exact) mass is 236 g/mol. The van der Waals surface area contributed by atoms with E-state index in [0.29, 0.717) is 18.5 Å². The molecule has 0 atom stereocenters. The first kappa shape index (κ1) is 11.6. The third kappa shape index (κ3) is 2.82. The molecule has 2 heterocycles. The van der Waals surface area contributed by atoms with Crippen LogP contribution in [-0.2, 0) is 13.6 Å². The fourth-order valence-electron chi connectivity index (χ4n) is 1.45. The number of anilines is 2. The molecule has 0 unspecified atom stereocenters.